The lowest BCUT2D eigenvalue weighted by Gasteiger charge is -2.02. The lowest BCUT2D eigenvalue weighted by atomic mass is 10.3. The summed E-state index contributed by atoms with van der Waals surface area (Å²) >= 11 is 1.68. The van der Waals surface area contributed by atoms with Crippen LogP contribution < -0.4 is 10.5 Å². The fourth-order valence-corrected chi connectivity index (χ4v) is 2.14. The third-order valence-electron chi connectivity index (χ3n) is 1.85. The third-order valence-corrected chi connectivity index (χ3v) is 2.79. The molecule has 4 heteroatoms. The summed E-state index contributed by atoms with van der Waals surface area (Å²) in [6.07, 6.45) is 0. The molecule has 0 unspecified atom stereocenters. The molecule has 0 aliphatic heterocycles. The van der Waals surface area contributed by atoms with Crippen LogP contribution in [0.25, 0.3) is 10.2 Å². The van der Waals surface area contributed by atoms with Gasteiger partial charge in [-0.15, -0.1) is 11.3 Å². The highest BCUT2D eigenvalue weighted by Crippen LogP contribution is 2.25. The molecule has 1 aromatic heterocycles. The van der Waals surface area contributed by atoms with E-state index in [0.29, 0.717) is 13.2 Å². The van der Waals surface area contributed by atoms with Crippen molar-refractivity contribution in [2.45, 2.75) is 6.92 Å². The summed E-state index contributed by atoms with van der Waals surface area (Å²) in [5, 5.41) is 1.08. The van der Waals surface area contributed by atoms with Crippen LogP contribution in [0, 0.1) is 6.92 Å². The van der Waals surface area contributed by atoms with Crippen LogP contribution in [0.5, 0.6) is 5.75 Å². The highest BCUT2D eigenvalue weighted by Gasteiger charge is 2.01. The summed E-state index contributed by atoms with van der Waals surface area (Å²) in [4.78, 5) is 4.37. The molecule has 3 nitrogen and oxygen atoms in total. The number of nitrogens with two attached hydrogens (primary N) is 1. The van der Waals surface area contributed by atoms with Crippen LogP contribution in [0.2, 0.25) is 0 Å². The second kappa shape index (κ2) is 3.94. The van der Waals surface area contributed by atoms with Gasteiger partial charge in [-0.1, -0.05) is 0 Å². The summed E-state index contributed by atoms with van der Waals surface area (Å²) in [5.41, 5.74) is 6.39. The number of hydrogen-bond acceptors (Lipinski definition) is 4. The van der Waals surface area contributed by atoms with Gasteiger partial charge in [-0.05, 0) is 25.1 Å². The average Bonchev–Trinajstić information content (AvgIpc) is 2.54. The summed E-state index contributed by atoms with van der Waals surface area (Å²) < 4.78 is 6.59. The van der Waals surface area contributed by atoms with E-state index in [9.17, 15) is 0 Å². The molecule has 0 saturated heterocycles. The van der Waals surface area contributed by atoms with Crippen molar-refractivity contribution in [2.24, 2.45) is 5.73 Å². The first kappa shape index (κ1) is 9.43. The Kier molecular flexibility index (Phi) is 2.65. The van der Waals surface area contributed by atoms with Crippen LogP contribution in [0.15, 0.2) is 18.2 Å². The predicted molar refractivity (Wildman–Crippen MR) is 58.9 cm³/mol. The Labute approximate surface area is 86.5 Å². The zero-order valence-electron chi connectivity index (χ0n) is 7.99. The number of ether oxygens (including phenoxy) is 1. The van der Waals surface area contributed by atoms with Gasteiger partial charge in [0.1, 0.15) is 12.4 Å². The van der Waals surface area contributed by atoms with Crippen molar-refractivity contribution in [3.05, 3.63) is 23.2 Å². The Bertz CT molecular complexity index is 439. The van der Waals surface area contributed by atoms with Crippen LogP contribution in [0.3, 0.4) is 0 Å². The fraction of sp³-hybridized carbons (Fsp3) is 0.300. The number of hydrogen-bond donors (Lipinski definition) is 1. The Morgan fingerprint density at radius 3 is 3.14 bits per heavy atom. The second-order valence-corrected chi connectivity index (χ2v) is 4.23. The lowest BCUT2D eigenvalue weighted by molar-refractivity contribution is 0.329. The first-order valence-corrected chi connectivity index (χ1v) is 5.31. The molecule has 0 atom stereocenters. The van der Waals surface area contributed by atoms with Crippen LogP contribution >= 0.6 is 11.3 Å². The van der Waals surface area contributed by atoms with Gasteiger partial charge in [0.05, 0.1) is 15.2 Å². The average molecular weight is 208 g/mol. The van der Waals surface area contributed by atoms with Gasteiger partial charge in [-0.3, -0.25) is 0 Å². The highest BCUT2D eigenvalue weighted by molar-refractivity contribution is 7.18. The molecule has 0 aliphatic rings. The molecule has 0 bridgehead atoms. The maximum atomic E-state index is 5.43. The topological polar surface area (TPSA) is 48.1 Å². The molecule has 1 aromatic carbocycles. The zero-order valence-corrected chi connectivity index (χ0v) is 8.80. The van der Waals surface area contributed by atoms with Gasteiger partial charge in [-0.2, -0.15) is 0 Å². The maximum absolute atomic E-state index is 5.43. The van der Waals surface area contributed by atoms with Crippen molar-refractivity contribution in [1.82, 2.24) is 4.98 Å². The smallest absolute Gasteiger partial charge is 0.120 e. The minimum atomic E-state index is 0.541. The van der Waals surface area contributed by atoms with E-state index in [4.69, 9.17) is 10.5 Å². The quantitative estimate of drug-likeness (QED) is 0.838. The minimum Gasteiger partial charge on any atom is -0.492 e. The normalized spacial score (nSPS) is 10.7. The van der Waals surface area contributed by atoms with Crippen molar-refractivity contribution >= 4 is 21.6 Å². The van der Waals surface area contributed by atoms with E-state index >= 15 is 0 Å². The van der Waals surface area contributed by atoms with Gasteiger partial charge in [0.2, 0.25) is 0 Å². The molecule has 74 valence electrons. The Morgan fingerprint density at radius 2 is 2.36 bits per heavy atom. The summed E-state index contributed by atoms with van der Waals surface area (Å²) in [6.45, 7) is 3.11. The van der Waals surface area contributed by atoms with Crippen LogP contribution in [0.4, 0.5) is 0 Å². The minimum absolute atomic E-state index is 0.541. The highest BCUT2D eigenvalue weighted by atomic mass is 32.1. The van der Waals surface area contributed by atoms with Crippen LogP contribution in [-0.2, 0) is 0 Å². The van der Waals surface area contributed by atoms with Crippen molar-refractivity contribution in [2.75, 3.05) is 13.2 Å². The second-order valence-electron chi connectivity index (χ2n) is 3.00. The molecule has 0 amide bonds. The Balaban J connectivity index is 2.31. The van der Waals surface area contributed by atoms with E-state index in [1.807, 2.05) is 25.1 Å². The van der Waals surface area contributed by atoms with Gasteiger partial charge in [0.25, 0.3) is 0 Å². The third kappa shape index (κ3) is 1.86. The molecule has 2 rings (SSSR count). The molecule has 0 radical (unpaired) electrons. The summed E-state index contributed by atoms with van der Waals surface area (Å²) in [5.74, 6) is 0.867. The number of rotatable bonds is 3. The molecule has 0 fully saturated rings. The number of benzene rings is 1. The molecule has 14 heavy (non-hydrogen) atoms. The van der Waals surface area contributed by atoms with Gasteiger partial charge in [0, 0.05) is 6.54 Å². The van der Waals surface area contributed by atoms with E-state index in [1.165, 1.54) is 0 Å². The van der Waals surface area contributed by atoms with Gasteiger partial charge in [0.15, 0.2) is 0 Å². The summed E-state index contributed by atoms with van der Waals surface area (Å²) in [7, 11) is 0. The number of thiazole rings is 1. The Morgan fingerprint density at radius 1 is 1.50 bits per heavy atom. The molecule has 0 saturated carbocycles. The maximum Gasteiger partial charge on any atom is 0.120 e. The van der Waals surface area contributed by atoms with Crippen molar-refractivity contribution < 1.29 is 4.74 Å². The van der Waals surface area contributed by atoms with Gasteiger partial charge < -0.3 is 10.5 Å². The lowest BCUT2D eigenvalue weighted by Crippen LogP contribution is -2.10. The van der Waals surface area contributed by atoms with Crippen molar-refractivity contribution in [1.29, 1.82) is 0 Å². The first-order chi connectivity index (χ1) is 6.79. The molecule has 0 aliphatic carbocycles. The molecular weight excluding hydrogens is 196 g/mol. The van der Waals surface area contributed by atoms with Crippen molar-refractivity contribution in [3.63, 3.8) is 0 Å². The number of nitrogens with zero attached hydrogens (tertiary/aromatic N) is 1. The molecule has 2 N–H and O–H groups in total. The van der Waals surface area contributed by atoms with Gasteiger partial charge in [-0.25, -0.2) is 4.98 Å². The zero-order chi connectivity index (χ0) is 9.97. The predicted octanol–water partition coefficient (Wildman–Crippen LogP) is 1.94. The fourth-order valence-electron chi connectivity index (χ4n) is 1.29. The van der Waals surface area contributed by atoms with E-state index in [1.54, 1.807) is 11.3 Å². The largest absolute Gasteiger partial charge is 0.492 e. The molecule has 0 spiro atoms. The monoisotopic (exact) mass is 208 g/mol. The molecule has 1 heterocycles. The standard InChI is InChI=1S/C10H12N2OS/c1-7-12-9-3-2-8(13-5-4-11)6-10(9)14-7/h2-3,6H,4-5,11H2,1H3. The molecule has 2 aromatic rings. The van der Waals surface area contributed by atoms with Crippen LogP contribution in [-0.4, -0.2) is 18.1 Å². The van der Waals surface area contributed by atoms with E-state index < -0.39 is 0 Å². The van der Waals surface area contributed by atoms with Gasteiger partial charge >= 0.3 is 0 Å². The number of fused-ring (bicyclic) bond motifs is 1. The number of aromatic nitrogens is 1. The van der Waals surface area contributed by atoms with Crippen molar-refractivity contribution in [3.8, 4) is 5.75 Å². The Hall–Kier alpha value is -1.13. The number of aryl methyl sites for hydroxylation is 1. The summed E-state index contributed by atoms with van der Waals surface area (Å²) in [6, 6.07) is 5.91. The first-order valence-electron chi connectivity index (χ1n) is 4.49. The van der Waals surface area contributed by atoms with E-state index in [2.05, 4.69) is 4.98 Å². The van der Waals surface area contributed by atoms with E-state index in [0.717, 1.165) is 21.0 Å². The SMILES string of the molecule is Cc1nc2ccc(OCCN)cc2s1. The van der Waals surface area contributed by atoms with Crippen LogP contribution in [0.1, 0.15) is 5.01 Å². The molecular formula is C10H12N2OS. The van der Waals surface area contributed by atoms with E-state index in [-0.39, 0.29) is 0 Å².